The summed E-state index contributed by atoms with van der Waals surface area (Å²) in [5.41, 5.74) is 0. The van der Waals surface area contributed by atoms with Crippen molar-refractivity contribution in [2.75, 3.05) is 39.6 Å². The van der Waals surface area contributed by atoms with Gasteiger partial charge in [-0.05, 0) is 6.92 Å². The molecule has 0 rings (SSSR count). The zero-order valence-electron chi connectivity index (χ0n) is 17.6. The molecule has 0 saturated carbocycles. The maximum Gasteiger partial charge on any atom is 0.309 e. The summed E-state index contributed by atoms with van der Waals surface area (Å²) in [6, 6.07) is 0. The summed E-state index contributed by atoms with van der Waals surface area (Å²) >= 11 is 0. The largest absolute Gasteiger partial charge is 0.463 e. The number of rotatable bonds is 17. The maximum absolute atomic E-state index is 11.5. The topological polar surface area (TPSA) is 141 Å². The number of Topliss-reactive ketones (excluding diaryl/α,β-unsaturated/α-hetero) is 1. The van der Waals surface area contributed by atoms with Crippen molar-refractivity contribution in [1.29, 1.82) is 0 Å². The van der Waals surface area contributed by atoms with Gasteiger partial charge in [-0.2, -0.15) is 0 Å². The second-order valence-corrected chi connectivity index (χ2v) is 6.03. The second-order valence-electron chi connectivity index (χ2n) is 6.03. The van der Waals surface area contributed by atoms with Crippen molar-refractivity contribution in [2.45, 2.75) is 52.7 Å². The molecule has 0 radical (unpaired) electrons. The van der Waals surface area contributed by atoms with Crippen LogP contribution in [0.4, 0.5) is 0 Å². The predicted octanol–water partition coefficient (Wildman–Crippen LogP) is 0.708. The minimum Gasteiger partial charge on any atom is -0.463 e. The number of ketones is 1. The van der Waals surface area contributed by atoms with Crippen molar-refractivity contribution in [3.05, 3.63) is 0 Å². The van der Waals surface area contributed by atoms with E-state index in [1.54, 1.807) is 0 Å². The van der Waals surface area contributed by atoms with Gasteiger partial charge in [0.1, 0.15) is 19.0 Å². The molecule has 0 fully saturated rings. The van der Waals surface area contributed by atoms with E-state index in [4.69, 9.17) is 23.7 Å². The molecule has 0 saturated heterocycles. The summed E-state index contributed by atoms with van der Waals surface area (Å²) in [6.45, 7) is 4.99. The smallest absolute Gasteiger partial charge is 0.309 e. The SMILES string of the molecule is CC(=O)CCC(=O)OCCOCCOCCOC(=O)CCC(=O)OC(C)OC(C)=O. The van der Waals surface area contributed by atoms with Crippen LogP contribution in [0, 0.1) is 0 Å². The summed E-state index contributed by atoms with van der Waals surface area (Å²) in [4.78, 5) is 55.6. The first-order valence-electron chi connectivity index (χ1n) is 9.53. The molecule has 30 heavy (non-hydrogen) atoms. The quantitative estimate of drug-likeness (QED) is 0.138. The summed E-state index contributed by atoms with van der Waals surface area (Å²) < 4.78 is 29.6. The summed E-state index contributed by atoms with van der Waals surface area (Å²) in [6.07, 6.45) is -1.15. The molecule has 0 N–H and O–H groups in total. The summed E-state index contributed by atoms with van der Waals surface area (Å²) in [5.74, 6) is -2.36. The molecule has 11 nitrogen and oxygen atoms in total. The first-order chi connectivity index (χ1) is 14.2. The molecule has 172 valence electrons. The molecule has 0 aromatic heterocycles. The van der Waals surface area contributed by atoms with E-state index in [9.17, 15) is 24.0 Å². The number of hydrogen-bond acceptors (Lipinski definition) is 11. The Bertz CT molecular complexity index is 559. The molecule has 0 aromatic carbocycles. The van der Waals surface area contributed by atoms with Crippen molar-refractivity contribution in [1.82, 2.24) is 0 Å². The van der Waals surface area contributed by atoms with Gasteiger partial charge in [0.05, 0.1) is 45.7 Å². The number of esters is 4. The van der Waals surface area contributed by atoms with E-state index >= 15 is 0 Å². The van der Waals surface area contributed by atoms with E-state index in [-0.39, 0.29) is 71.1 Å². The Morgan fingerprint density at radius 1 is 0.600 bits per heavy atom. The fourth-order valence-corrected chi connectivity index (χ4v) is 1.88. The number of hydrogen-bond donors (Lipinski definition) is 0. The van der Waals surface area contributed by atoms with E-state index in [2.05, 4.69) is 4.74 Å². The van der Waals surface area contributed by atoms with Crippen molar-refractivity contribution >= 4 is 29.7 Å². The lowest BCUT2D eigenvalue weighted by atomic mass is 10.2. The number of carbonyl (C=O) groups is 5. The molecule has 1 unspecified atom stereocenters. The Morgan fingerprint density at radius 2 is 1.03 bits per heavy atom. The molecule has 0 aliphatic carbocycles. The van der Waals surface area contributed by atoms with Crippen LogP contribution in [-0.2, 0) is 52.4 Å². The number of carbonyl (C=O) groups excluding carboxylic acids is 5. The van der Waals surface area contributed by atoms with Crippen LogP contribution in [0.1, 0.15) is 46.5 Å². The molecule has 0 aliphatic heterocycles. The minimum absolute atomic E-state index is 0.0193. The van der Waals surface area contributed by atoms with Crippen molar-refractivity contribution in [2.24, 2.45) is 0 Å². The molecule has 0 bridgehead atoms. The van der Waals surface area contributed by atoms with Gasteiger partial charge in [-0.1, -0.05) is 0 Å². The first-order valence-corrected chi connectivity index (χ1v) is 9.53. The maximum atomic E-state index is 11.5. The predicted molar refractivity (Wildman–Crippen MR) is 100 cm³/mol. The molecule has 0 aromatic rings. The van der Waals surface area contributed by atoms with Gasteiger partial charge in [0.25, 0.3) is 0 Å². The fourth-order valence-electron chi connectivity index (χ4n) is 1.88. The Balaban J connectivity index is 3.48. The molecular weight excluding hydrogens is 404 g/mol. The molecule has 0 spiro atoms. The van der Waals surface area contributed by atoms with E-state index in [1.165, 1.54) is 20.8 Å². The van der Waals surface area contributed by atoms with Crippen LogP contribution in [-0.4, -0.2) is 75.6 Å². The highest BCUT2D eigenvalue weighted by Crippen LogP contribution is 2.01. The second kappa shape index (κ2) is 17.3. The summed E-state index contributed by atoms with van der Waals surface area (Å²) in [7, 11) is 0. The van der Waals surface area contributed by atoms with Crippen LogP contribution in [0.2, 0.25) is 0 Å². The molecule has 0 amide bonds. The van der Waals surface area contributed by atoms with Crippen molar-refractivity contribution in [3.8, 4) is 0 Å². The van der Waals surface area contributed by atoms with E-state index in [0.717, 1.165) is 0 Å². The van der Waals surface area contributed by atoms with Gasteiger partial charge in [-0.15, -0.1) is 0 Å². The van der Waals surface area contributed by atoms with Gasteiger partial charge < -0.3 is 33.2 Å². The normalized spacial score (nSPS) is 11.3. The third kappa shape index (κ3) is 18.8. The Kier molecular flexibility index (Phi) is 15.9. The molecule has 0 aliphatic rings. The average molecular weight is 434 g/mol. The van der Waals surface area contributed by atoms with Crippen LogP contribution in [0.5, 0.6) is 0 Å². The molecule has 0 heterocycles. The standard InChI is InChI=1S/C19H30O11/c1-14(20)4-5-17(22)27-12-10-25-8-9-26-11-13-28-18(23)6-7-19(24)30-16(3)29-15(2)21/h16H,4-13H2,1-3H3. The van der Waals surface area contributed by atoms with Crippen molar-refractivity contribution in [3.63, 3.8) is 0 Å². The highest BCUT2D eigenvalue weighted by atomic mass is 16.7. The van der Waals surface area contributed by atoms with Crippen molar-refractivity contribution < 1.29 is 52.4 Å². The van der Waals surface area contributed by atoms with E-state index in [1.807, 2.05) is 0 Å². The zero-order chi connectivity index (χ0) is 22.8. The Morgan fingerprint density at radius 3 is 1.50 bits per heavy atom. The van der Waals surface area contributed by atoms with Gasteiger partial charge >= 0.3 is 23.9 Å². The van der Waals surface area contributed by atoms with Gasteiger partial charge in [-0.3, -0.25) is 19.2 Å². The summed E-state index contributed by atoms with van der Waals surface area (Å²) in [5, 5.41) is 0. The van der Waals surface area contributed by atoms with Gasteiger partial charge in [0.15, 0.2) is 0 Å². The highest BCUT2D eigenvalue weighted by Gasteiger charge is 2.14. The number of ether oxygens (including phenoxy) is 6. The molecular formula is C19H30O11. The van der Waals surface area contributed by atoms with Gasteiger partial charge in [-0.25, -0.2) is 0 Å². The third-order valence-corrected chi connectivity index (χ3v) is 3.20. The zero-order valence-corrected chi connectivity index (χ0v) is 17.6. The first kappa shape index (κ1) is 27.5. The minimum atomic E-state index is -1.01. The lowest BCUT2D eigenvalue weighted by molar-refractivity contribution is -0.183. The third-order valence-electron chi connectivity index (χ3n) is 3.20. The highest BCUT2D eigenvalue weighted by molar-refractivity contribution is 5.81. The monoisotopic (exact) mass is 434 g/mol. The van der Waals surface area contributed by atoms with E-state index in [0.29, 0.717) is 0 Å². The fraction of sp³-hybridized carbons (Fsp3) is 0.737. The van der Waals surface area contributed by atoms with Crippen LogP contribution in [0.15, 0.2) is 0 Å². The Hall–Kier alpha value is -2.53. The van der Waals surface area contributed by atoms with Crippen LogP contribution in [0.3, 0.4) is 0 Å². The van der Waals surface area contributed by atoms with Gasteiger partial charge in [0.2, 0.25) is 6.29 Å². The van der Waals surface area contributed by atoms with Gasteiger partial charge in [0, 0.05) is 20.3 Å². The molecule has 11 heteroatoms. The van der Waals surface area contributed by atoms with E-state index < -0.39 is 30.2 Å². The van der Waals surface area contributed by atoms with Crippen LogP contribution in [0.25, 0.3) is 0 Å². The molecule has 1 atom stereocenters. The van der Waals surface area contributed by atoms with Crippen LogP contribution < -0.4 is 0 Å². The lowest BCUT2D eigenvalue weighted by Crippen LogP contribution is -2.21. The Labute approximate surface area is 175 Å². The average Bonchev–Trinajstić information content (AvgIpc) is 2.65. The van der Waals surface area contributed by atoms with Crippen LogP contribution >= 0.6 is 0 Å². The lowest BCUT2D eigenvalue weighted by Gasteiger charge is -2.12.